The van der Waals surface area contributed by atoms with Crippen molar-refractivity contribution >= 4 is 11.3 Å². The highest BCUT2D eigenvalue weighted by Crippen LogP contribution is 2.33. The normalized spacial score (nSPS) is 16.6. The number of hydrogen-bond acceptors (Lipinski definition) is 6. The highest BCUT2D eigenvalue weighted by atomic mass is 32.1. The number of nitrogens with zero attached hydrogens (tertiary/aromatic N) is 3. The molecule has 0 saturated carbocycles. The standard InChI is InChI=1S/C17H24N4OS/c1-3-22-15-7-5-4-6-14(15)16-12-18-17(23-16)13-19-21-10-8-20(2)9-11-21/h4-7,12,19H,3,8-11,13H2,1-2H3. The lowest BCUT2D eigenvalue weighted by Gasteiger charge is -2.32. The molecule has 3 rings (SSSR count). The van der Waals surface area contributed by atoms with Crippen molar-refractivity contribution in [2.45, 2.75) is 13.5 Å². The Morgan fingerprint density at radius 3 is 2.78 bits per heavy atom. The fourth-order valence-corrected chi connectivity index (χ4v) is 3.49. The minimum absolute atomic E-state index is 0.674. The highest BCUT2D eigenvalue weighted by Gasteiger charge is 2.14. The number of thiazole rings is 1. The molecule has 0 atom stereocenters. The molecule has 0 spiro atoms. The predicted molar refractivity (Wildman–Crippen MR) is 94.6 cm³/mol. The summed E-state index contributed by atoms with van der Waals surface area (Å²) in [6, 6.07) is 8.15. The maximum atomic E-state index is 5.72. The molecule has 1 aliphatic heterocycles. The van der Waals surface area contributed by atoms with E-state index >= 15 is 0 Å². The van der Waals surface area contributed by atoms with E-state index in [9.17, 15) is 0 Å². The van der Waals surface area contributed by atoms with Crippen molar-refractivity contribution in [3.05, 3.63) is 35.5 Å². The molecule has 1 saturated heterocycles. The average molecular weight is 332 g/mol. The molecule has 2 heterocycles. The smallest absolute Gasteiger partial charge is 0.127 e. The van der Waals surface area contributed by atoms with Crippen molar-refractivity contribution < 1.29 is 4.74 Å². The van der Waals surface area contributed by atoms with E-state index in [-0.39, 0.29) is 0 Å². The fourth-order valence-electron chi connectivity index (χ4n) is 2.61. The molecular formula is C17H24N4OS. The van der Waals surface area contributed by atoms with E-state index in [1.54, 1.807) is 11.3 Å². The Labute approximate surface area is 141 Å². The first-order chi connectivity index (χ1) is 11.3. The van der Waals surface area contributed by atoms with Crippen LogP contribution in [0.3, 0.4) is 0 Å². The van der Waals surface area contributed by atoms with Gasteiger partial charge in [-0.2, -0.15) is 0 Å². The Morgan fingerprint density at radius 2 is 2.00 bits per heavy atom. The molecule has 1 N–H and O–H groups in total. The summed E-state index contributed by atoms with van der Waals surface area (Å²) in [7, 11) is 2.17. The topological polar surface area (TPSA) is 40.6 Å². The van der Waals surface area contributed by atoms with Gasteiger partial charge < -0.3 is 9.64 Å². The molecule has 5 nitrogen and oxygen atoms in total. The van der Waals surface area contributed by atoms with Crippen molar-refractivity contribution in [1.29, 1.82) is 0 Å². The lowest BCUT2D eigenvalue weighted by molar-refractivity contribution is 0.102. The summed E-state index contributed by atoms with van der Waals surface area (Å²) in [5, 5.41) is 3.39. The first-order valence-electron chi connectivity index (χ1n) is 8.10. The van der Waals surface area contributed by atoms with Gasteiger partial charge >= 0.3 is 0 Å². The molecule has 0 bridgehead atoms. The number of nitrogens with one attached hydrogen (secondary N) is 1. The third-order valence-electron chi connectivity index (χ3n) is 3.96. The molecule has 0 unspecified atom stereocenters. The van der Waals surface area contributed by atoms with Crippen molar-refractivity contribution in [2.24, 2.45) is 0 Å². The van der Waals surface area contributed by atoms with E-state index < -0.39 is 0 Å². The number of ether oxygens (including phenoxy) is 1. The zero-order valence-corrected chi connectivity index (χ0v) is 14.6. The molecule has 2 aromatic rings. The lowest BCUT2D eigenvalue weighted by atomic mass is 10.2. The van der Waals surface area contributed by atoms with Crippen LogP contribution < -0.4 is 10.2 Å². The summed E-state index contributed by atoms with van der Waals surface area (Å²) in [5.74, 6) is 0.928. The Balaban J connectivity index is 1.62. The highest BCUT2D eigenvalue weighted by molar-refractivity contribution is 7.15. The predicted octanol–water partition coefficient (Wildman–Crippen LogP) is 2.46. The van der Waals surface area contributed by atoms with Gasteiger partial charge in [0.1, 0.15) is 10.8 Å². The Kier molecular flexibility index (Phi) is 5.61. The number of benzene rings is 1. The van der Waals surface area contributed by atoms with E-state index in [2.05, 4.69) is 33.4 Å². The number of hydrogen-bond donors (Lipinski definition) is 1. The average Bonchev–Trinajstić information content (AvgIpc) is 3.04. The van der Waals surface area contributed by atoms with Crippen LogP contribution in [0.5, 0.6) is 5.75 Å². The summed E-state index contributed by atoms with van der Waals surface area (Å²) in [6.45, 7) is 7.80. The van der Waals surface area contributed by atoms with E-state index in [4.69, 9.17) is 4.74 Å². The second-order valence-corrected chi connectivity index (χ2v) is 6.79. The Morgan fingerprint density at radius 1 is 1.22 bits per heavy atom. The summed E-state index contributed by atoms with van der Waals surface area (Å²) < 4.78 is 5.72. The van der Waals surface area contributed by atoms with Crippen LogP contribution in [-0.4, -0.2) is 54.7 Å². The number of hydrazine groups is 1. The van der Waals surface area contributed by atoms with Crippen LogP contribution in [0, 0.1) is 0 Å². The van der Waals surface area contributed by atoms with Crippen LogP contribution in [0.15, 0.2) is 30.5 Å². The molecule has 23 heavy (non-hydrogen) atoms. The monoisotopic (exact) mass is 332 g/mol. The molecule has 6 heteroatoms. The molecule has 0 radical (unpaired) electrons. The van der Waals surface area contributed by atoms with Gasteiger partial charge in [0.05, 0.1) is 18.0 Å². The van der Waals surface area contributed by atoms with Gasteiger partial charge in [0.2, 0.25) is 0 Å². The maximum Gasteiger partial charge on any atom is 0.127 e. The van der Waals surface area contributed by atoms with E-state index in [1.807, 2.05) is 31.3 Å². The van der Waals surface area contributed by atoms with E-state index in [1.165, 1.54) is 0 Å². The largest absolute Gasteiger partial charge is 0.493 e. The van der Waals surface area contributed by atoms with Crippen molar-refractivity contribution in [3.8, 4) is 16.2 Å². The molecule has 1 aromatic heterocycles. The number of aromatic nitrogens is 1. The third kappa shape index (κ3) is 4.29. The molecule has 0 amide bonds. The quantitative estimate of drug-likeness (QED) is 0.880. The molecule has 124 valence electrons. The van der Waals surface area contributed by atoms with Gasteiger partial charge in [-0.05, 0) is 26.1 Å². The first kappa shape index (κ1) is 16.4. The van der Waals surface area contributed by atoms with E-state index in [0.29, 0.717) is 6.61 Å². The van der Waals surface area contributed by atoms with Gasteiger partial charge in [0.25, 0.3) is 0 Å². The van der Waals surface area contributed by atoms with E-state index in [0.717, 1.165) is 53.9 Å². The lowest BCUT2D eigenvalue weighted by Crippen LogP contribution is -2.50. The van der Waals surface area contributed by atoms with Crippen molar-refractivity contribution in [2.75, 3.05) is 39.8 Å². The summed E-state index contributed by atoms with van der Waals surface area (Å²) >= 11 is 1.72. The van der Waals surface area contributed by atoms with Crippen LogP contribution in [0.4, 0.5) is 0 Å². The van der Waals surface area contributed by atoms with Gasteiger partial charge in [0, 0.05) is 37.9 Å². The Hall–Kier alpha value is -1.47. The maximum absolute atomic E-state index is 5.72. The number of rotatable bonds is 6. The minimum Gasteiger partial charge on any atom is -0.493 e. The summed E-state index contributed by atoms with van der Waals surface area (Å²) in [5.41, 5.74) is 4.61. The zero-order valence-electron chi connectivity index (χ0n) is 13.8. The summed E-state index contributed by atoms with van der Waals surface area (Å²) in [4.78, 5) is 8.06. The van der Waals surface area contributed by atoms with Crippen molar-refractivity contribution in [1.82, 2.24) is 20.3 Å². The summed E-state index contributed by atoms with van der Waals surface area (Å²) in [6.07, 6.45) is 1.95. The van der Waals surface area contributed by atoms with Gasteiger partial charge in [-0.15, -0.1) is 11.3 Å². The van der Waals surface area contributed by atoms with Crippen molar-refractivity contribution in [3.63, 3.8) is 0 Å². The third-order valence-corrected chi connectivity index (χ3v) is 4.99. The minimum atomic E-state index is 0.674. The van der Waals surface area contributed by atoms with Crippen LogP contribution >= 0.6 is 11.3 Å². The van der Waals surface area contributed by atoms with Gasteiger partial charge in [0.15, 0.2) is 0 Å². The molecular weight excluding hydrogens is 308 g/mol. The molecule has 1 aromatic carbocycles. The number of para-hydroxylation sites is 1. The number of piperazine rings is 1. The molecule has 1 fully saturated rings. The Bertz CT molecular complexity index is 623. The SMILES string of the molecule is CCOc1ccccc1-c1cnc(CNN2CCN(C)CC2)s1. The zero-order chi connectivity index (χ0) is 16.1. The van der Waals surface area contributed by atoms with Crippen LogP contribution in [-0.2, 0) is 6.54 Å². The van der Waals surface area contributed by atoms with Gasteiger partial charge in [-0.25, -0.2) is 15.4 Å². The second kappa shape index (κ2) is 7.88. The van der Waals surface area contributed by atoms with Gasteiger partial charge in [-0.3, -0.25) is 0 Å². The van der Waals surface area contributed by atoms with Crippen LogP contribution in [0.1, 0.15) is 11.9 Å². The fraction of sp³-hybridized carbons (Fsp3) is 0.471. The first-order valence-corrected chi connectivity index (χ1v) is 8.92. The molecule has 0 aliphatic carbocycles. The van der Waals surface area contributed by atoms with Crippen LogP contribution in [0.25, 0.3) is 10.4 Å². The van der Waals surface area contributed by atoms with Crippen LogP contribution in [0.2, 0.25) is 0 Å². The molecule has 1 aliphatic rings. The number of likely N-dealkylation sites (N-methyl/N-ethyl adjacent to an activating group) is 1. The second-order valence-electron chi connectivity index (χ2n) is 5.67. The van der Waals surface area contributed by atoms with Gasteiger partial charge in [-0.1, -0.05) is 12.1 Å².